The zero-order valence-corrected chi connectivity index (χ0v) is 9.95. The number of ether oxygens (including phenoxy) is 1. The fourth-order valence-electron chi connectivity index (χ4n) is 1.74. The van der Waals surface area contributed by atoms with E-state index in [1.807, 2.05) is 7.05 Å². The minimum Gasteiger partial charge on any atom is -0.396 e. The Balaban J connectivity index is 2.18. The van der Waals surface area contributed by atoms with Crippen LogP contribution in [0.25, 0.3) is 0 Å². The van der Waals surface area contributed by atoms with E-state index in [4.69, 9.17) is 9.84 Å². The van der Waals surface area contributed by atoms with E-state index in [0.717, 1.165) is 32.4 Å². The van der Waals surface area contributed by atoms with Crippen molar-refractivity contribution < 1.29 is 14.6 Å². The van der Waals surface area contributed by atoms with Crippen LogP contribution in [-0.4, -0.2) is 61.9 Å². The molecule has 1 heterocycles. The van der Waals surface area contributed by atoms with Crippen molar-refractivity contribution in [3.8, 4) is 0 Å². The van der Waals surface area contributed by atoms with Gasteiger partial charge < -0.3 is 20.1 Å². The van der Waals surface area contributed by atoms with Gasteiger partial charge in [-0.05, 0) is 19.3 Å². The van der Waals surface area contributed by atoms with E-state index in [1.165, 1.54) is 0 Å². The number of hydrogen-bond donors (Lipinski definition) is 2. The smallest absolute Gasteiger partial charge is 0.241 e. The highest BCUT2D eigenvalue weighted by atomic mass is 16.5. The largest absolute Gasteiger partial charge is 0.396 e. The van der Waals surface area contributed by atoms with Crippen molar-refractivity contribution in [3.05, 3.63) is 0 Å². The molecule has 1 amide bonds. The average molecular weight is 230 g/mol. The molecule has 0 aromatic carbocycles. The third-order valence-corrected chi connectivity index (χ3v) is 2.75. The molecular weight excluding hydrogens is 208 g/mol. The van der Waals surface area contributed by atoms with Crippen LogP contribution in [-0.2, 0) is 9.53 Å². The van der Waals surface area contributed by atoms with Crippen molar-refractivity contribution in [3.63, 3.8) is 0 Å². The highest BCUT2D eigenvalue weighted by Gasteiger charge is 2.23. The van der Waals surface area contributed by atoms with Gasteiger partial charge >= 0.3 is 0 Å². The van der Waals surface area contributed by atoms with Gasteiger partial charge in [-0.3, -0.25) is 4.79 Å². The van der Waals surface area contributed by atoms with Crippen LogP contribution in [0.15, 0.2) is 0 Å². The molecule has 5 nitrogen and oxygen atoms in total. The first-order valence-electron chi connectivity index (χ1n) is 5.92. The maximum atomic E-state index is 11.9. The predicted molar refractivity (Wildman–Crippen MR) is 61.2 cm³/mol. The molecule has 1 aliphatic heterocycles. The second-order valence-corrected chi connectivity index (χ2v) is 4.13. The fraction of sp³-hybridized carbons (Fsp3) is 0.909. The predicted octanol–water partition coefficient (Wildman–Crippen LogP) is -0.404. The Morgan fingerprint density at radius 1 is 1.50 bits per heavy atom. The summed E-state index contributed by atoms with van der Waals surface area (Å²) in [4.78, 5) is 13.6. The maximum Gasteiger partial charge on any atom is 0.241 e. The summed E-state index contributed by atoms with van der Waals surface area (Å²) in [5.41, 5.74) is 0. The number of carbonyl (C=O) groups excluding carboxylic acids is 1. The van der Waals surface area contributed by atoms with Gasteiger partial charge in [0.15, 0.2) is 0 Å². The summed E-state index contributed by atoms with van der Waals surface area (Å²) in [7, 11) is 1.82. The fourth-order valence-corrected chi connectivity index (χ4v) is 1.74. The van der Waals surface area contributed by atoms with Gasteiger partial charge in [0.2, 0.25) is 5.91 Å². The van der Waals surface area contributed by atoms with Crippen LogP contribution >= 0.6 is 0 Å². The highest BCUT2D eigenvalue weighted by molar-refractivity contribution is 5.81. The lowest BCUT2D eigenvalue weighted by Gasteiger charge is -2.27. The van der Waals surface area contributed by atoms with Gasteiger partial charge in [0.05, 0.1) is 13.2 Å². The van der Waals surface area contributed by atoms with Crippen molar-refractivity contribution >= 4 is 5.91 Å². The normalized spacial score (nSPS) is 20.8. The molecule has 5 heteroatoms. The van der Waals surface area contributed by atoms with Gasteiger partial charge in [-0.1, -0.05) is 0 Å². The number of aliphatic hydroxyl groups is 1. The summed E-state index contributed by atoms with van der Waals surface area (Å²) in [6.07, 6.45) is 2.71. The van der Waals surface area contributed by atoms with Crippen LogP contribution in [0.4, 0.5) is 0 Å². The topological polar surface area (TPSA) is 61.8 Å². The Morgan fingerprint density at radius 2 is 2.31 bits per heavy atom. The number of aliphatic hydroxyl groups excluding tert-OH is 1. The summed E-state index contributed by atoms with van der Waals surface area (Å²) >= 11 is 0. The first-order chi connectivity index (χ1) is 7.75. The molecule has 1 fully saturated rings. The zero-order chi connectivity index (χ0) is 11.8. The molecule has 1 saturated heterocycles. The molecule has 1 atom stereocenters. The number of hydrogen-bond acceptors (Lipinski definition) is 4. The Bertz CT molecular complexity index is 205. The van der Waals surface area contributed by atoms with Crippen molar-refractivity contribution in [1.29, 1.82) is 0 Å². The quantitative estimate of drug-likeness (QED) is 0.609. The molecule has 1 aliphatic rings. The molecule has 0 saturated carbocycles. The number of amides is 1. The molecule has 0 aliphatic carbocycles. The van der Waals surface area contributed by atoms with E-state index < -0.39 is 0 Å². The average Bonchev–Trinajstić information content (AvgIpc) is 2.34. The van der Waals surface area contributed by atoms with Crippen molar-refractivity contribution in [2.75, 3.05) is 40.0 Å². The summed E-state index contributed by atoms with van der Waals surface area (Å²) < 4.78 is 5.25. The Morgan fingerprint density at radius 3 is 2.94 bits per heavy atom. The lowest BCUT2D eigenvalue weighted by molar-refractivity contribution is -0.135. The van der Waals surface area contributed by atoms with Crippen molar-refractivity contribution in [2.24, 2.45) is 0 Å². The van der Waals surface area contributed by atoms with Gasteiger partial charge in [-0.2, -0.15) is 0 Å². The molecule has 16 heavy (non-hydrogen) atoms. The van der Waals surface area contributed by atoms with Gasteiger partial charge in [0, 0.05) is 26.7 Å². The summed E-state index contributed by atoms with van der Waals surface area (Å²) in [6.45, 7) is 2.88. The van der Waals surface area contributed by atoms with Crippen LogP contribution in [0, 0.1) is 0 Å². The van der Waals surface area contributed by atoms with E-state index in [2.05, 4.69) is 5.32 Å². The van der Waals surface area contributed by atoms with E-state index in [9.17, 15) is 4.79 Å². The van der Waals surface area contributed by atoms with E-state index in [0.29, 0.717) is 13.2 Å². The summed E-state index contributed by atoms with van der Waals surface area (Å²) in [5.74, 6) is 0.101. The molecule has 0 spiro atoms. The Labute approximate surface area is 96.8 Å². The van der Waals surface area contributed by atoms with Crippen molar-refractivity contribution in [2.45, 2.75) is 25.3 Å². The molecule has 0 bridgehead atoms. The summed E-state index contributed by atoms with van der Waals surface area (Å²) in [5, 5.41) is 11.8. The number of carbonyl (C=O) groups is 1. The Hall–Kier alpha value is -0.650. The second-order valence-electron chi connectivity index (χ2n) is 4.13. The summed E-state index contributed by atoms with van der Waals surface area (Å²) in [6, 6.07) is -0.184. The van der Waals surface area contributed by atoms with Crippen LogP contribution in [0.3, 0.4) is 0 Å². The third kappa shape index (κ3) is 4.47. The lowest BCUT2D eigenvalue weighted by Crippen LogP contribution is -2.51. The van der Waals surface area contributed by atoms with Gasteiger partial charge in [-0.15, -0.1) is 0 Å². The first-order valence-corrected chi connectivity index (χ1v) is 5.92. The van der Waals surface area contributed by atoms with Gasteiger partial charge in [-0.25, -0.2) is 0 Å². The van der Waals surface area contributed by atoms with Gasteiger partial charge in [0.25, 0.3) is 0 Å². The van der Waals surface area contributed by atoms with E-state index >= 15 is 0 Å². The number of rotatable bonds is 6. The van der Waals surface area contributed by atoms with Crippen molar-refractivity contribution in [1.82, 2.24) is 10.2 Å². The maximum absolute atomic E-state index is 11.9. The minimum atomic E-state index is -0.184. The standard InChI is InChI=1S/C11H22N2O3/c1-13(6-3-2-4-7-14)11(15)10-9-16-8-5-12-10/h10,12,14H,2-9H2,1H3. The monoisotopic (exact) mass is 230 g/mol. The molecule has 0 aromatic rings. The SMILES string of the molecule is CN(CCCCCO)C(=O)C1COCCN1. The number of nitrogens with one attached hydrogen (secondary N) is 1. The first kappa shape index (κ1) is 13.4. The third-order valence-electron chi connectivity index (χ3n) is 2.75. The van der Waals surface area contributed by atoms with E-state index in [1.54, 1.807) is 4.90 Å². The van der Waals surface area contributed by atoms with Crippen LogP contribution in [0.2, 0.25) is 0 Å². The Kier molecular flexibility index (Phi) is 6.37. The highest BCUT2D eigenvalue weighted by Crippen LogP contribution is 2.01. The van der Waals surface area contributed by atoms with Crippen LogP contribution < -0.4 is 5.32 Å². The van der Waals surface area contributed by atoms with E-state index in [-0.39, 0.29) is 18.6 Å². The molecule has 94 valence electrons. The molecule has 2 N–H and O–H groups in total. The molecular formula is C11H22N2O3. The van der Waals surface area contributed by atoms with Crippen LogP contribution in [0.1, 0.15) is 19.3 Å². The van der Waals surface area contributed by atoms with Gasteiger partial charge in [0.1, 0.15) is 6.04 Å². The molecule has 1 unspecified atom stereocenters. The number of nitrogens with zero attached hydrogens (tertiary/aromatic N) is 1. The number of likely N-dealkylation sites (N-methyl/N-ethyl adjacent to an activating group) is 1. The minimum absolute atomic E-state index is 0.101. The lowest BCUT2D eigenvalue weighted by atomic mass is 10.2. The molecule has 0 aromatic heterocycles. The second kappa shape index (κ2) is 7.60. The molecule has 0 radical (unpaired) electrons. The number of unbranched alkanes of at least 4 members (excludes halogenated alkanes) is 2. The van der Waals surface area contributed by atoms with Crippen LogP contribution in [0.5, 0.6) is 0 Å². The number of morpholine rings is 1. The zero-order valence-electron chi connectivity index (χ0n) is 9.95. The molecule has 1 rings (SSSR count).